The molecule has 3 nitrogen and oxygen atoms in total. The Morgan fingerprint density at radius 2 is 1.89 bits per heavy atom. The van der Waals surface area contributed by atoms with Crippen LogP contribution in [0.3, 0.4) is 0 Å². The van der Waals surface area contributed by atoms with E-state index in [1.54, 1.807) is 4.31 Å². The lowest BCUT2D eigenvalue weighted by Crippen LogP contribution is -2.40. The third-order valence-electron chi connectivity index (χ3n) is 4.34. The highest BCUT2D eigenvalue weighted by Gasteiger charge is 2.29. The monoisotopic (exact) mass is 337 g/mol. The summed E-state index contributed by atoms with van der Waals surface area (Å²) in [6.07, 6.45) is 10.0. The predicted octanol–water partition coefficient (Wildman–Crippen LogP) is 3.00. The third kappa shape index (κ3) is 4.20. The first-order chi connectivity index (χ1) is 8.45. The Labute approximate surface area is 119 Å². The Morgan fingerprint density at radius 3 is 2.56 bits per heavy atom. The van der Waals surface area contributed by atoms with Gasteiger partial charge in [-0.05, 0) is 43.9 Å². The van der Waals surface area contributed by atoms with Crippen LogP contribution in [0.4, 0.5) is 0 Å². The molecule has 3 unspecified atom stereocenters. The van der Waals surface area contributed by atoms with Crippen molar-refractivity contribution < 1.29 is 8.42 Å². The van der Waals surface area contributed by atoms with Crippen LogP contribution in [-0.2, 0) is 10.0 Å². The number of rotatable bonds is 3. The van der Waals surface area contributed by atoms with Crippen molar-refractivity contribution in [2.75, 3.05) is 19.3 Å². The summed E-state index contributed by atoms with van der Waals surface area (Å²) in [4.78, 5) is 0.686. The molecule has 0 aromatic heterocycles. The van der Waals surface area contributed by atoms with Gasteiger partial charge in [-0.15, -0.1) is 0 Å². The highest BCUT2D eigenvalue weighted by atomic mass is 79.9. The van der Waals surface area contributed by atoms with E-state index in [1.165, 1.54) is 44.8 Å². The molecule has 2 rings (SSSR count). The van der Waals surface area contributed by atoms with E-state index in [2.05, 4.69) is 15.9 Å². The van der Waals surface area contributed by atoms with E-state index in [4.69, 9.17) is 0 Å². The third-order valence-corrected chi connectivity index (χ3v) is 6.44. The smallest absolute Gasteiger partial charge is 0.211 e. The van der Waals surface area contributed by atoms with Crippen molar-refractivity contribution >= 4 is 26.0 Å². The number of hydrogen-bond acceptors (Lipinski definition) is 2. The molecule has 0 aromatic carbocycles. The van der Waals surface area contributed by atoms with Crippen LogP contribution in [0, 0.1) is 11.8 Å². The van der Waals surface area contributed by atoms with Crippen LogP contribution in [0.1, 0.15) is 44.9 Å². The Kier molecular flexibility index (Phi) is 5.12. The quantitative estimate of drug-likeness (QED) is 0.742. The van der Waals surface area contributed by atoms with Crippen LogP contribution in [-0.4, -0.2) is 36.9 Å². The van der Waals surface area contributed by atoms with Gasteiger partial charge in [0.1, 0.15) is 0 Å². The molecule has 0 N–H and O–H groups in total. The summed E-state index contributed by atoms with van der Waals surface area (Å²) in [6.45, 7) is 1.48. The number of nitrogens with zero attached hydrogens (tertiary/aromatic N) is 1. The molecule has 18 heavy (non-hydrogen) atoms. The average Bonchev–Trinajstić information content (AvgIpc) is 2.28. The summed E-state index contributed by atoms with van der Waals surface area (Å²) in [5.74, 6) is 1.38. The Bertz CT molecular complexity index is 371. The van der Waals surface area contributed by atoms with Crippen molar-refractivity contribution in [1.29, 1.82) is 0 Å². The molecule has 1 heterocycles. The van der Waals surface area contributed by atoms with Crippen LogP contribution in [0.15, 0.2) is 0 Å². The number of halogens is 1. The van der Waals surface area contributed by atoms with Gasteiger partial charge in [0.05, 0.1) is 6.26 Å². The number of piperidine rings is 1. The summed E-state index contributed by atoms with van der Waals surface area (Å²) in [7, 11) is -2.99. The first-order valence-electron chi connectivity index (χ1n) is 7.04. The van der Waals surface area contributed by atoms with Gasteiger partial charge in [0.15, 0.2) is 0 Å². The molecule has 2 fully saturated rings. The summed E-state index contributed by atoms with van der Waals surface area (Å²) in [6, 6.07) is 0. The maximum atomic E-state index is 11.6. The summed E-state index contributed by atoms with van der Waals surface area (Å²) >= 11 is 3.73. The van der Waals surface area contributed by atoms with Crippen LogP contribution < -0.4 is 0 Å². The minimum absolute atomic E-state index is 0.580. The molecule has 1 saturated carbocycles. The Balaban J connectivity index is 1.86. The molecule has 106 valence electrons. The maximum Gasteiger partial charge on any atom is 0.211 e. The number of alkyl halides is 1. The Morgan fingerprint density at radius 1 is 1.17 bits per heavy atom. The molecule has 1 aliphatic carbocycles. The molecule has 0 aromatic rings. The fourth-order valence-electron chi connectivity index (χ4n) is 3.43. The van der Waals surface area contributed by atoms with E-state index in [0.717, 1.165) is 25.4 Å². The topological polar surface area (TPSA) is 37.4 Å². The van der Waals surface area contributed by atoms with Crippen LogP contribution in [0.5, 0.6) is 0 Å². The SMILES string of the molecule is CS(=O)(=O)N1CCCC(CC2CCCC(Br)C2)C1. The molecule has 1 saturated heterocycles. The Hall–Kier alpha value is 0.390. The first kappa shape index (κ1) is 14.8. The fourth-order valence-corrected chi connectivity index (χ4v) is 5.23. The van der Waals surface area contributed by atoms with Gasteiger partial charge in [0, 0.05) is 17.9 Å². The van der Waals surface area contributed by atoms with Crippen molar-refractivity contribution in [1.82, 2.24) is 4.31 Å². The molecule has 2 aliphatic rings. The summed E-state index contributed by atoms with van der Waals surface area (Å²) in [5, 5.41) is 0. The van der Waals surface area contributed by atoms with Crippen molar-refractivity contribution in [2.24, 2.45) is 11.8 Å². The molecule has 3 atom stereocenters. The standard InChI is InChI=1S/C13H24BrNO2S/c1-18(16,17)15-7-3-5-12(10-15)8-11-4-2-6-13(14)9-11/h11-13H,2-10H2,1H3. The molecule has 0 radical (unpaired) electrons. The summed E-state index contributed by atoms with van der Waals surface area (Å²) in [5.41, 5.74) is 0. The van der Waals surface area contributed by atoms with E-state index >= 15 is 0 Å². The lowest BCUT2D eigenvalue weighted by Gasteiger charge is -2.34. The molecular weight excluding hydrogens is 314 g/mol. The van der Waals surface area contributed by atoms with Crippen LogP contribution >= 0.6 is 15.9 Å². The lowest BCUT2D eigenvalue weighted by molar-refractivity contribution is 0.210. The van der Waals surface area contributed by atoms with Gasteiger partial charge in [-0.1, -0.05) is 28.8 Å². The zero-order valence-electron chi connectivity index (χ0n) is 11.1. The maximum absolute atomic E-state index is 11.6. The summed E-state index contributed by atoms with van der Waals surface area (Å²) < 4.78 is 24.9. The van der Waals surface area contributed by atoms with E-state index in [0.29, 0.717) is 10.7 Å². The number of sulfonamides is 1. The average molecular weight is 338 g/mol. The molecule has 0 amide bonds. The zero-order chi connectivity index (χ0) is 13.2. The molecule has 1 aliphatic heterocycles. The van der Waals surface area contributed by atoms with Crippen molar-refractivity contribution in [3.8, 4) is 0 Å². The second-order valence-electron chi connectivity index (χ2n) is 5.99. The normalized spacial score (nSPS) is 35.6. The van der Waals surface area contributed by atoms with Gasteiger partial charge in [0.2, 0.25) is 10.0 Å². The number of hydrogen-bond donors (Lipinski definition) is 0. The van der Waals surface area contributed by atoms with Gasteiger partial charge in [0.25, 0.3) is 0 Å². The van der Waals surface area contributed by atoms with Crippen molar-refractivity contribution in [3.05, 3.63) is 0 Å². The molecular formula is C13H24BrNO2S. The lowest BCUT2D eigenvalue weighted by atomic mass is 9.80. The first-order valence-corrected chi connectivity index (χ1v) is 9.80. The van der Waals surface area contributed by atoms with Crippen LogP contribution in [0.25, 0.3) is 0 Å². The van der Waals surface area contributed by atoms with Crippen molar-refractivity contribution in [3.63, 3.8) is 0 Å². The predicted molar refractivity (Wildman–Crippen MR) is 78.4 cm³/mol. The minimum atomic E-state index is -2.99. The molecule has 0 bridgehead atoms. The zero-order valence-corrected chi connectivity index (χ0v) is 13.5. The van der Waals surface area contributed by atoms with E-state index in [1.807, 2.05) is 0 Å². The second kappa shape index (κ2) is 6.23. The molecule has 0 spiro atoms. The van der Waals surface area contributed by atoms with Gasteiger partial charge in [-0.2, -0.15) is 0 Å². The van der Waals surface area contributed by atoms with Crippen LogP contribution in [0.2, 0.25) is 0 Å². The highest BCUT2D eigenvalue weighted by molar-refractivity contribution is 9.09. The van der Waals surface area contributed by atoms with E-state index in [-0.39, 0.29) is 0 Å². The highest BCUT2D eigenvalue weighted by Crippen LogP contribution is 2.35. The van der Waals surface area contributed by atoms with Gasteiger partial charge in [-0.3, -0.25) is 0 Å². The van der Waals surface area contributed by atoms with E-state index < -0.39 is 10.0 Å². The second-order valence-corrected chi connectivity index (χ2v) is 9.27. The largest absolute Gasteiger partial charge is 0.213 e. The van der Waals surface area contributed by atoms with Gasteiger partial charge in [-0.25, -0.2) is 12.7 Å². The van der Waals surface area contributed by atoms with Gasteiger partial charge >= 0.3 is 0 Å². The fraction of sp³-hybridized carbons (Fsp3) is 1.00. The van der Waals surface area contributed by atoms with Gasteiger partial charge < -0.3 is 0 Å². The molecule has 5 heteroatoms. The van der Waals surface area contributed by atoms with Crippen molar-refractivity contribution in [2.45, 2.75) is 49.8 Å². The van der Waals surface area contributed by atoms with E-state index in [9.17, 15) is 8.42 Å². The minimum Gasteiger partial charge on any atom is -0.213 e.